The normalized spacial score (nSPS) is 12.8. The number of carboxylic acid groups (broad SMARTS) is 1. The second kappa shape index (κ2) is 8.74. The van der Waals surface area contributed by atoms with Crippen LogP contribution in [0, 0.1) is 0 Å². The lowest BCUT2D eigenvalue weighted by atomic mass is 9.99. The topological polar surface area (TPSA) is 87.7 Å². The molecule has 0 fully saturated rings. The van der Waals surface area contributed by atoms with Crippen molar-refractivity contribution in [3.63, 3.8) is 0 Å². The minimum Gasteiger partial charge on any atom is -0.480 e. The molecule has 6 nitrogen and oxygen atoms in total. The second-order valence-corrected chi connectivity index (χ2v) is 5.26. The SMILES string of the molecule is CCCC(C)(C)NC(=O)NC(CCCOC)C(=O)O. The molecule has 2 amide bonds. The van der Waals surface area contributed by atoms with E-state index in [0.717, 1.165) is 12.8 Å². The molecule has 0 aliphatic carbocycles. The van der Waals surface area contributed by atoms with Gasteiger partial charge in [-0.2, -0.15) is 0 Å². The van der Waals surface area contributed by atoms with Crippen molar-refractivity contribution in [1.82, 2.24) is 10.6 Å². The van der Waals surface area contributed by atoms with Crippen LogP contribution in [-0.2, 0) is 9.53 Å². The number of methoxy groups -OCH3 is 1. The first-order valence-electron chi connectivity index (χ1n) is 6.63. The summed E-state index contributed by atoms with van der Waals surface area (Å²) in [6.07, 6.45) is 2.72. The lowest BCUT2D eigenvalue weighted by Crippen LogP contribution is -2.52. The van der Waals surface area contributed by atoms with Crippen LogP contribution in [0.3, 0.4) is 0 Å². The number of aliphatic carboxylic acids is 1. The number of nitrogens with one attached hydrogen (secondary N) is 2. The summed E-state index contributed by atoms with van der Waals surface area (Å²) in [6, 6.07) is -1.32. The Balaban J connectivity index is 4.27. The monoisotopic (exact) mass is 274 g/mol. The summed E-state index contributed by atoms with van der Waals surface area (Å²) in [5.74, 6) is -1.03. The third-order valence-corrected chi connectivity index (χ3v) is 2.77. The Bertz CT molecular complexity index is 292. The van der Waals surface area contributed by atoms with Crippen LogP contribution in [0.15, 0.2) is 0 Å². The number of ether oxygens (including phenoxy) is 1. The number of rotatable bonds is 9. The number of hydrogen-bond acceptors (Lipinski definition) is 3. The summed E-state index contributed by atoms with van der Waals surface area (Å²) < 4.78 is 4.87. The third-order valence-electron chi connectivity index (χ3n) is 2.77. The Hall–Kier alpha value is -1.30. The van der Waals surface area contributed by atoms with Crippen molar-refractivity contribution in [3.05, 3.63) is 0 Å². The lowest BCUT2D eigenvalue weighted by Gasteiger charge is -2.27. The van der Waals surface area contributed by atoms with E-state index in [1.54, 1.807) is 7.11 Å². The highest BCUT2D eigenvalue weighted by atomic mass is 16.5. The van der Waals surface area contributed by atoms with E-state index in [4.69, 9.17) is 9.84 Å². The third kappa shape index (κ3) is 8.42. The minimum atomic E-state index is -1.03. The van der Waals surface area contributed by atoms with Crippen molar-refractivity contribution < 1.29 is 19.4 Å². The molecule has 1 atom stereocenters. The van der Waals surface area contributed by atoms with E-state index < -0.39 is 18.0 Å². The van der Waals surface area contributed by atoms with Crippen LogP contribution in [0.25, 0.3) is 0 Å². The molecule has 3 N–H and O–H groups in total. The van der Waals surface area contributed by atoms with Crippen LogP contribution in [-0.4, -0.2) is 42.4 Å². The Kier molecular flexibility index (Phi) is 8.14. The molecule has 0 spiro atoms. The molecular weight excluding hydrogens is 248 g/mol. The van der Waals surface area contributed by atoms with E-state index in [-0.39, 0.29) is 5.54 Å². The zero-order valence-electron chi connectivity index (χ0n) is 12.3. The molecule has 6 heteroatoms. The van der Waals surface area contributed by atoms with Gasteiger partial charge < -0.3 is 20.5 Å². The first-order valence-corrected chi connectivity index (χ1v) is 6.63. The summed E-state index contributed by atoms with van der Waals surface area (Å²) >= 11 is 0. The summed E-state index contributed by atoms with van der Waals surface area (Å²) in [7, 11) is 1.56. The highest BCUT2D eigenvalue weighted by molar-refractivity contribution is 5.82. The Labute approximate surface area is 114 Å². The number of carboxylic acids is 1. The molecule has 0 rings (SSSR count). The van der Waals surface area contributed by atoms with Gasteiger partial charge >= 0.3 is 12.0 Å². The summed E-state index contributed by atoms with van der Waals surface area (Å²) in [6.45, 7) is 6.34. The molecule has 0 saturated carbocycles. The van der Waals surface area contributed by atoms with Gasteiger partial charge in [0.2, 0.25) is 0 Å². The second-order valence-electron chi connectivity index (χ2n) is 5.26. The van der Waals surface area contributed by atoms with Gasteiger partial charge in [0.25, 0.3) is 0 Å². The van der Waals surface area contributed by atoms with Gasteiger partial charge in [-0.15, -0.1) is 0 Å². The maximum absolute atomic E-state index is 11.8. The molecule has 0 saturated heterocycles. The van der Waals surface area contributed by atoms with Gasteiger partial charge in [-0.3, -0.25) is 0 Å². The fourth-order valence-electron chi connectivity index (χ4n) is 1.88. The Morgan fingerprint density at radius 3 is 2.47 bits per heavy atom. The van der Waals surface area contributed by atoms with Crippen LogP contribution in [0.5, 0.6) is 0 Å². The zero-order chi connectivity index (χ0) is 14.9. The molecule has 0 aliphatic rings. The molecule has 112 valence electrons. The first kappa shape index (κ1) is 17.7. The smallest absolute Gasteiger partial charge is 0.326 e. The predicted octanol–water partition coefficient (Wildman–Crippen LogP) is 1.74. The van der Waals surface area contributed by atoms with E-state index in [1.807, 2.05) is 20.8 Å². The average molecular weight is 274 g/mol. The van der Waals surface area contributed by atoms with Gasteiger partial charge in [0.1, 0.15) is 6.04 Å². The van der Waals surface area contributed by atoms with Crippen molar-refractivity contribution in [2.75, 3.05) is 13.7 Å². The van der Waals surface area contributed by atoms with E-state index in [2.05, 4.69) is 10.6 Å². The Morgan fingerprint density at radius 1 is 1.37 bits per heavy atom. The lowest BCUT2D eigenvalue weighted by molar-refractivity contribution is -0.139. The fraction of sp³-hybridized carbons (Fsp3) is 0.846. The van der Waals surface area contributed by atoms with Gasteiger partial charge in [0.05, 0.1) is 0 Å². The van der Waals surface area contributed by atoms with Gasteiger partial charge in [-0.05, 0) is 33.1 Å². The summed E-state index contributed by atoms with van der Waals surface area (Å²) in [4.78, 5) is 22.8. The van der Waals surface area contributed by atoms with Crippen molar-refractivity contribution in [3.8, 4) is 0 Å². The van der Waals surface area contributed by atoms with Crippen molar-refractivity contribution in [2.24, 2.45) is 0 Å². The molecular formula is C13H26N2O4. The summed E-state index contributed by atoms with van der Waals surface area (Å²) in [5.41, 5.74) is -0.339. The predicted molar refractivity (Wildman–Crippen MR) is 73.2 cm³/mol. The number of urea groups is 1. The van der Waals surface area contributed by atoms with E-state index in [0.29, 0.717) is 19.4 Å². The highest BCUT2D eigenvalue weighted by Gasteiger charge is 2.23. The van der Waals surface area contributed by atoms with Crippen molar-refractivity contribution in [1.29, 1.82) is 0 Å². The number of hydrogen-bond donors (Lipinski definition) is 3. The number of amides is 2. The largest absolute Gasteiger partial charge is 0.480 e. The number of carbonyl (C=O) groups excluding carboxylic acids is 1. The molecule has 0 aliphatic heterocycles. The van der Waals surface area contributed by atoms with Gasteiger partial charge in [0.15, 0.2) is 0 Å². The quantitative estimate of drug-likeness (QED) is 0.559. The molecule has 0 aromatic heterocycles. The van der Waals surface area contributed by atoms with Gasteiger partial charge in [0, 0.05) is 19.3 Å². The maximum Gasteiger partial charge on any atom is 0.326 e. The van der Waals surface area contributed by atoms with Gasteiger partial charge in [-0.25, -0.2) is 9.59 Å². The standard InChI is InChI=1S/C13H26N2O4/c1-5-8-13(2,3)15-12(18)14-10(11(16)17)7-6-9-19-4/h10H,5-9H2,1-4H3,(H,16,17)(H2,14,15,18). The fourth-order valence-corrected chi connectivity index (χ4v) is 1.88. The molecule has 0 heterocycles. The van der Waals surface area contributed by atoms with E-state index >= 15 is 0 Å². The van der Waals surface area contributed by atoms with Crippen molar-refractivity contribution in [2.45, 2.75) is 58.0 Å². The van der Waals surface area contributed by atoms with Crippen LogP contribution in [0.2, 0.25) is 0 Å². The Morgan fingerprint density at radius 2 is 2.00 bits per heavy atom. The highest BCUT2D eigenvalue weighted by Crippen LogP contribution is 2.10. The van der Waals surface area contributed by atoms with Crippen LogP contribution in [0.4, 0.5) is 4.79 Å². The zero-order valence-corrected chi connectivity index (χ0v) is 12.3. The van der Waals surface area contributed by atoms with Gasteiger partial charge in [-0.1, -0.05) is 13.3 Å². The van der Waals surface area contributed by atoms with E-state index in [1.165, 1.54) is 0 Å². The molecule has 0 aromatic rings. The van der Waals surface area contributed by atoms with E-state index in [9.17, 15) is 9.59 Å². The molecule has 19 heavy (non-hydrogen) atoms. The first-order chi connectivity index (χ1) is 8.82. The minimum absolute atomic E-state index is 0.339. The van der Waals surface area contributed by atoms with Crippen LogP contribution in [0.1, 0.15) is 46.5 Å². The molecule has 0 aromatic carbocycles. The average Bonchev–Trinajstić information content (AvgIpc) is 2.26. The maximum atomic E-state index is 11.8. The van der Waals surface area contributed by atoms with Crippen molar-refractivity contribution >= 4 is 12.0 Å². The molecule has 0 radical (unpaired) electrons. The number of carbonyl (C=O) groups is 2. The van der Waals surface area contributed by atoms with Crippen LogP contribution < -0.4 is 10.6 Å². The summed E-state index contributed by atoms with van der Waals surface area (Å²) in [5, 5.41) is 14.3. The molecule has 1 unspecified atom stereocenters. The van der Waals surface area contributed by atoms with Crippen LogP contribution >= 0.6 is 0 Å². The molecule has 0 bridgehead atoms.